The van der Waals surface area contributed by atoms with Crippen molar-refractivity contribution in [2.24, 2.45) is 0 Å². The van der Waals surface area contributed by atoms with Crippen LogP contribution in [0.4, 0.5) is 0 Å². The average molecular weight is 357 g/mol. The molecule has 0 spiro atoms. The number of nitrogens with zero attached hydrogens (tertiary/aromatic N) is 5. The predicted octanol–water partition coefficient (Wildman–Crippen LogP) is 0.902. The molecule has 0 saturated carbocycles. The SMILES string of the molecule is O=C(Cn1nc2ccccn2c1=O)N1CCN(Cc2cccs2)CC1. The molecular weight excluding hydrogens is 338 g/mol. The Balaban J connectivity index is 1.37. The predicted molar refractivity (Wildman–Crippen MR) is 95.6 cm³/mol. The monoisotopic (exact) mass is 357 g/mol. The Morgan fingerprint density at radius 1 is 1.12 bits per heavy atom. The number of pyridine rings is 1. The van der Waals surface area contributed by atoms with E-state index in [4.69, 9.17) is 0 Å². The van der Waals surface area contributed by atoms with Gasteiger partial charge in [-0.1, -0.05) is 12.1 Å². The lowest BCUT2D eigenvalue weighted by Crippen LogP contribution is -2.49. The quantitative estimate of drug-likeness (QED) is 0.696. The van der Waals surface area contributed by atoms with Gasteiger partial charge in [0.25, 0.3) is 0 Å². The van der Waals surface area contributed by atoms with Crippen molar-refractivity contribution in [3.8, 4) is 0 Å². The van der Waals surface area contributed by atoms with E-state index in [1.54, 1.807) is 29.7 Å². The van der Waals surface area contributed by atoms with E-state index in [0.717, 1.165) is 19.6 Å². The van der Waals surface area contributed by atoms with E-state index in [0.29, 0.717) is 18.7 Å². The third-order valence-electron chi connectivity index (χ3n) is 4.46. The van der Waals surface area contributed by atoms with Gasteiger partial charge in [0.1, 0.15) is 6.54 Å². The van der Waals surface area contributed by atoms with Crippen LogP contribution in [0.1, 0.15) is 4.88 Å². The molecule has 4 heterocycles. The number of piperazine rings is 1. The summed E-state index contributed by atoms with van der Waals surface area (Å²) < 4.78 is 2.70. The number of aromatic nitrogens is 3. The van der Waals surface area contributed by atoms with Crippen LogP contribution >= 0.6 is 11.3 Å². The van der Waals surface area contributed by atoms with Crippen LogP contribution in [-0.4, -0.2) is 56.1 Å². The standard InChI is InChI=1S/C17H19N5O2S/c23-16(13-22-17(24)21-6-2-1-5-15(21)18-22)20-9-7-19(8-10-20)12-14-4-3-11-25-14/h1-6,11H,7-10,12-13H2. The summed E-state index contributed by atoms with van der Waals surface area (Å²) in [7, 11) is 0. The van der Waals surface area contributed by atoms with Gasteiger partial charge in [-0.15, -0.1) is 16.4 Å². The van der Waals surface area contributed by atoms with Gasteiger partial charge in [-0.25, -0.2) is 9.48 Å². The van der Waals surface area contributed by atoms with Gasteiger partial charge >= 0.3 is 5.69 Å². The molecule has 1 amide bonds. The van der Waals surface area contributed by atoms with E-state index in [2.05, 4.69) is 27.5 Å². The van der Waals surface area contributed by atoms with Crippen LogP contribution in [0.3, 0.4) is 0 Å². The molecule has 3 aromatic heterocycles. The molecule has 1 fully saturated rings. The molecule has 25 heavy (non-hydrogen) atoms. The summed E-state index contributed by atoms with van der Waals surface area (Å²) in [4.78, 5) is 30.3. The maximum absolute atomic E-state index is 12.5. The molecular formula is C17H19N5O2S. The van der Waals surface area contributed by atoms with Crippen molar-refractivity contribution in [2.45, 2.75) is 13.1 Å². The highest BCUT2D eigenvalue weighted by Gasteiger charge is 2.22. The maximum atomic E-state index is 12.5. The second-order valence-electron chi connectivity index (χ2n) is 6.11. The number of thiophene rings is 1. The molecule has 1 aliphatic heterocycles. The summed E-state index contributed by atoms with van der Waals surface area (Å²) >= 11 is 1.76. The Bertz CT molecular complexity index is 922. The number of hydrogen-bond donors (Lipinski definition) is 0. The van der Waals surface area contributed by atoms with Crippen molar-refractivity contribution in [3.05, 3.63) is 57.3 Å². The highest BCUT2D eigenvalue weighted by Crippen LogP contribution is 2.13. The molecule has 4 rings (SSSR count). The fourth-order valence-electron chi connectivity index (χ4n) is 3.08. The van der Waals surface area contributed by atoms with Gasteiger partial charge in [-0.2, -0.15) is 0 Å². The van der Waals surface area contributed by atoms with Crippen LogP contribution in [0.25, 0.3) is 5.65 Å². The molecule has 1 saturated heterocycles. The number of fused-ring (bicyclic) bond motifs is 1. The largest absolute Gasteiger partial charge is 0.350 e. The molecule has 0 bridgehead atoms. The molecule has 7 nitrogen and oxygen atoms in total. The van der Waals surface area contributed by atoms with Crippen LogP contribution in [0.5, 0.6) is 0 Å². The maximum Gasteiger partial charge on any atom is 0.350 e. The summed E-state index contributed by atoms with van der Waals surface area (Å²) in [5.41, 5.74) is 0.279. The van der Waals surface area contributed by atoms with Gasteiger partial charge in [-0.3, -0.25) is 14.1 Å². The lowest BCUT2D eigenvalue weighted by atomic mass is 10.3. The van der Waals surface area contributed by atoms with Crippen molar-refractivity contribution in [2.75, 3.05) is 26.2 Å². The van der Waals surface area contributed by atoms with Crippen molar-refractivity contribution in [3.63, 3.8) is 0 Å². The van der Waals surface area contributed by atoms with Crippen molar-refractivity contribution in [1.29, 1.82) is 0 Å². The zero-order valence-electron chi connectivity index (χ0n) is 13.7. The van der Waals surface area contributed by atoms with Crippen LogP contribution in [0, 0.1) is 0 Å². The summed E-state index contributed by atoms with van der Waals surface area (Å²) in [5.74, 6) is -0.0544. The first-order chi connectivity index (χ1) is 12.2. The minimum Gasteiger partial charge on any atom is -0.339 e. The first-order valence-electron chi connectivity index (χ1n) is 8.27. The number of hydrogen-bond acceptors (Lipinski definition) is 5. The number of carbonyl (C=O) groups excluding carboxylic acids is 1. The van der Waals surface area contributed by atoms with Gasteiger partial charge in [0.15, 0.2) is 5.65 Å². The second kappa shape index (κ2) is 6.81. The Hall–Kier alpha value is -2.45. The Morgan fingerprint density at radius 2 is 1.96 bits per heavy atom. The molecule has 0 atom stereocenters. The van der Waals surface area contributed by atoms with E-state index < -0.39 is 0 Å². The van der Waals surface area contributed by atoms with E-state index in [9.17, 15) is 9.59 Å². The second-order valence-corrected chi connectivity index (χ2v) is 7.14. The third kappa shape index (κ3) is 3.35. The van der Waals surface area contributed by atoms with Gasteiger partial charge in [0.05, 0.1) is 0 Å². The fraction of sp³-hybridized carbons (Fsp3) is 0.353. The zero-order chi connectivity index (χ0) is 17.2. The summed E-state index contributed by atoms with van der Waals surface area (Å²) in [6.07, 6.45) is 1.66. The Morgan fingerprint density at radius 3 is 2.68 bits per heavy atom. The summed E-state index contributed by atoms with van der Waals surface area (Å²) in [6.45, 7) is 4.00. The van der Waals surface area contributed by atoms with Crippen LogP contribution in [-0.2, 0) is 17.9 Å². The fourth-order valence-corrected chi connectivity index (χ4v) is 3.82. The zero-order valence-corrected chi connectivity index (χ0v) is 14.6. The minimum atomic E-state index is -0.278. The van der Waals surface area contributed by atoms with Gasteiger partial charge in [-0.05, 0) is 23.6 Å². The number of carbonyl (C=O) groups is 1. The molecule has 0 aromatic carbocycles. The highest BCUT2D eigenvalue weighted by atomic mass is 32.1. The molecule has 0 aliphatic carbocycles. The lowest BCUT2D eigenvalue weighted by Gasteiger charge is -2.34. The molecule has 130 valence electrons. The molecule has 0 unspecified atom stereocenters. The summed E-state index contributed by atoms with van der Waals surface area (Å²) in [5, 5.41) is 6.31. The number of rotatable bonds is 4. The minimum absolute atomic E-state index is 0.00849. The first-order valence-corrected chi connectivity index (χ1v) is 9.15. The Labute approximate surface area is 148 Å². The van der Waals surface area contributed by atoms with Gasteiger partial charge < -0.3 is 4.90 Å². The smallest absolute Gasteiger partial charge is 0.339 e. The van der Waals surface area contributed by atoms with Crippen LogP contribution < -0.4 is 5.69 Å². The lowest BCUT2D eigenvalue weighted by molar-refractivity contribution is -0.133. The number of amides is 1. The molecule has 8 heteroatoms. The van der Waals surface area contributed by atoms with E-state index >= 15 is 0 Å². The molecule has 0 radical (unpaired) electrons. The summed E-state index contributed by atoms with van der Waals surface area (Å²) in [6, 6.07) is 9.55. The van der Waals surface area contributed by atoms with Gasteiger partial charge in [0, 0.05) is 43.8 Å². The van der Waals surface area contributed by atoms with Gasteiger partial charge in [0.2, 0.25) is 5.91 Å². The van der Waals surface area contributed by atoms with E-state index in [1.165, 1.54) is 14.0 Å². The normalized spacial score (nSPS) is 15.8. The Kier molecular flexibility index (Phi) is 4.37. The third-order valence-corrected chi connectivity index (χ3v) is 5.32. The van der Waals surface area contributed by atoms with Crippen LogP contribution in [0.2, 0.25) is 0 Å². The van der Waals surface area contributed by atoms with E-state index in [-0.39, 0.29) is 18.1 Å². The van der Waals surface area contributed by atoms with Crippen LogP contribution in [0.15, 0.2) is 46.7 Å². The molecule has 0 N–H and O–H groups in total. The van der Waals surface area contributed by atoms with E-state index in [1.807, 2.05) is 11.0 Å². The topological polar surface area (TPSA) is 62.9 Å². The average Bonchev–Trinajstić information content (AvgIpc) is 3.24. The highest BCUT2D eigenvalue weighted by molar-refractivity contribution is 7.09. The van der Waals surface area contributed by atoms with Crippen molar-refractivity contribution in [1.82, 2.24) is 24.0 Å². The molecule has 1 aliphatic rings. The van der Waals surface area contributed by atoms with Crippen molar-refractivity contribution < 1.29 is 4.79 Å². The molecule has 3 aromatic rings. The van der Waals surface area contributed by atoms with Crippen molar-refractivity contribution >= 4 is 22.9 Å². The first kappa shape index (κ1) is 16.0.